The van der Waals surface area contributed by atoms with E-state index in [1.54, 1.807) is 30.3 Å². The van der Waals surface area contributed by atoms with Crippen molar-refractivity contribution >= 4 is 27.5 Å². The molecule has 0 saturated carbocycles. The van der Waals surface area contributed by atoms with Crippen molar-refractivity contribution in [1.29, 1.82) is 0 Å². The molecule has 4 rings (SSSR count). The van der Waals surface area contributed by atoms with Crippen LogP contribution in [0.25, 0.3) is 0 Å². The van der Waals surface area contributed by atoms with Gasteiger partial charge in [-0.1, -0.05) is 78.9 Å². The average Bonchev–Trinajstić information content (AvgIpc) is 3.06. The van der Waals surface area contributed by atoms with Crippen LogP contribution in [0, 0.1) is 0 Å². The molecule has 0 radical (unpaired) electrons. The van der Waals surface area contributed by atoms with E-state index in [-0.39, 0.29) is 35.2 Å². The molecule has 2 amide bonds. The Kier molecular flexibility index (Phi) is 11.0. The van der Waals surface area contributed by atoms with Crippen molar-refractivity contribution in [2.24, 2.45) is 0 Å². The number of anilines is 1. The third-order valence-electron chi connectivity index (χ3n) is 7.08. The molecule has 0 saturated heterocycles. The molecule has 10 heteroatoms. The number of sulfonamides is 1. The first kappa shape index (κ1) is 32.1. The standard InChI is InChI=1S/C34H37N3O6S/c1-4-35-34(39)31(22-26-14-8-5-9-15-26)36(24-27-16-10-6-11-17-27)33(38)25-37(44(40,41)29-18-12-7-13-19-29)30-23-28(42-2)20-21-32(30)43-3/h5-21,23,31H,4,22,24-25H2,1-3H3,(H,35,39)/t31-/m1/s1. The van der Waals surface area contributed by atoms with E-state index < -0.39 is 28.5 Å². The number of nitrogens with zero attached hydrogens (tertiary/aromatic N) is 2. The second-order valence-electron chi connectivity index (χ2n) is 9.97. The summed E-state index contributed by atoms with van der Waals surface area (Å²) in [4.78, 5) is 29.5. The molecule has 0 aliphatic rings. The van der Waals surface area contributed by atoms with Gasteiger partial charge in [0.25, 0.3) is 10.0 Å². The first-order chi connectivity index (χ1) is 21.3. The molecule has 0 fully saturated rings. The molecule has 4 aromatic carbocycles. The Morgan fingerprint density at radius 3 is 1.95 bits per heavy atom. The lowest BCUT2D eigenvalue weighted by atomic mass is 10.0. The van der Waals surface area contributed by atoms with E-state index in [0.29, 0.717) is 12.3 Å². The molecule has 0 unspecified atom stereocenters. The van der Waals surface area contributed by atoms with E-state index in [1.807, 2.05) is 67.6 Å². The molecular formula is C34H37N3O6S. The van der Waals surface area contributed by atoms with Gasteiger partial charge >= 0.3 is 0 Å². The van der Waals surface area contributed by atoms with Gasteiger partial charge in [0, 0.05) is 25.6 Å². The lowest BCUT2D eigenvalue weighted by molar-refractivity contribution is -0.140. The number of hydrogen-bond donors (Lipinski definition) is 1. The number of rotatable bonds is 14. The fraction of sp³-hybridized carbons (Fsp3) is 0.235. The van der Waals surface area contributed by atoms with Crippen LogP contribution in [0.2, 0.25) is 0 Å². The van der Waals surface area contributed by atoms with Gasteiger partial charge in [-0.2, -0.15) is 0 Å². The van der Waals surface area contributed by atoms with Gasteiger partial charge < -0.3 is 19.7 Å². The number of likely N-dealkylation sites (N-methyl/N-ethyl adjacent to an activating group) is 1. The monoisotopic (exact) mass is 615 g/mol. The third kappa shape index (κ3) is 7.76. The van der Waals surface area contributed by atoms with E-state index in [0.717, 1.165) is 15.4 Å². The molecule has 1 atom stereocenters. The molecule has 4 aromatic rings. The Bertz CT molecular complexity index is 1630. The minimum Gasteiger partial charge on any atom is -0.497 e. The summed E-state index contributed by atoms with van der Waals surface area (Å²) in [6, 6.07) is 30.4. The lowest BCUT2D eigenvalue weighted by Gasteiger charge is -2.34. The summed E-state index contributed by atoms with van der Waals surface area (Å²) in [5.41, 5.74) is 1.78. The molecule has 0 aliphatic heterocycles. The lowest BCUT2D eigenvalue weighted by Crippen LogP contribution is -2.53. The number of hydrogen-bond acceptors (Lipinski definition) is 6. The molecule has 0 aliphatic carbocycles. The molecule has 0 heterocycles. The summed E-state index contributed by atoms with van der Waals surface area (Å²) in [7, 11) is -1.39. The first-order valence-electron chi connectivity index (χ1n) is 14.2. The highest BCUT2D eigenvalue weighted by Crippen LogP contribution is 2.36. The zero-order valence-corrected chi connectivity index (χ0v) is 25.9. The summed E-state index contributed by atoms with van der Waals surface area (Å²) < 4.78 is 40.3. The molecule has 230 valence electrons. The Balaban J connectivity index is 1.84. The summed E-state index contributed by atoms with van der Waals surface area (Å²) in [5.74, 6) is -0.285. The van der Waals surface area contributed by atoms with Gasteiger partial charge in [-0.05, 0) is 42.3 Å². The van der Waals surface area contributed by atoms with Crippen molar-refractivity contribution in [3.63, 3.8) is 0 Å². The fourth-order valence-electron chi connectivity index (χ4n) is 4.85. The van der Waals surface area contributed by atoms with E-state index in [9.17, 15) is 18.0 Å². The van der Waals surface area contributed by atoms with Crippen molar-refractivity contribution in [3.8, 4) is 11.5 Å². The van der Waals surface area contributed by atoms with E-state index in [1.165, 1.54) is 37.3 Å². The Labute approximate surface area is 259 Å². The van der Waals surface area contributed by atoms with E-state index in [4.69, 9.17) is 9.47 Å². The fourth-order valence-corrected chi connectivity index (χ4v) is 6.29. The number of benzene rings is 4. The van der Waals surface area contributed by atoms with E-state index in [2.05, 4.69) is 5.32 Å². The number of carbonyl (C=O) groups excluding carboxylic acids is 2. The summed E-state index contributed by atoms with van der Waals surface area (Å²) >= 11 is 0. The number of amides is 2. The normalized spacial score (nSPS) is 11.7. The van der Waals surface area contributed by atoms with Crippen LogP contribution in [-0.4, -0.2) is 58.5 Å². The van der Waals surface area contributed by atoms with Crippen molar-refractivity contribution in [1.82, 2.24) is 10.2 Å². The zero-order valence-electron chi connectivity index (χ0n) is 25.1. The largest absolute Gasteiger partial charge is 0.497 e. The van der Waals surface area contributed by atoms with Gasteiger partial charge in [0.05, 0.1) is 24.8 Å². The van der Waals surface area contributed by atoms with E-state index >= 15 is 0 Å². The quantitative estimate of drug-likeness (QED) is 0.221. The van der Waals surface area contributed by atoms with Crippen molar-refractivity contribution in [3.05, 3.63) is 120 Å². The predicted octanol–water partition coefficient (Wildman–Crippen LogP) is 4.68. The van der Waals surface area contributed by atoms with Gasteiger partial charge in [-0.15, -0.1) is 0 Å². The molecule has 9 nitrogen and oxygen atoms in total. The second-order valence-corrected chi connectivity index (χ2v) is 11.8. The Morgan fingerprint density at radius 2 is 1.39 bits per heavy atom. The van der Waals surface area contributed by atoms with Crippen molar-refractivity contribution in [2.45, 2.75) is 30.8 Å². The Morgan fingerprint density at radius 1 is 0.795 bits per heavy atom. The maximum absolute atomic E-state index is 14.5. The maximum atomic E-state index is 14.5. The Hall–Kier alpha value is -4.83. The van der Waals surface area contributed by atoms with Gasteiger partial charge in [-0.3, -0.25) is 13.9 Å². The van der Waals surface area contributed by atoms with Gasteiger partial charge in [0.15, 0.2) is 0 Å². The number of nitrogens with one attached hydrogen (secondary N) is 1. The van der Waals surface area contributed by atoms with Crippen LogP contribution in [0.1, 0.15) is 18.1 Å². The zero-order chi connectivity index (χ0) is 31.5. The van der Waals surface area contributed by atoms with Crippen LogP contribution in [0.5, 0.6) is 11.5 Å². The molecular weight excluding hydrogens is 578 g/mol. The summed E-state index contributed by atoms with van der Waals surface area (Å²) in [6.45, 7) is 1.66. The van der Waals surface area contributed by atoms with Gasteiger partial charge in [-0.25, -0.2) is 8.42 Å². The molecule has 44 heavy (non-hydrogen) atoms. The highest BCUT2D eigenvalue weighted by Gasteiger charge is 2.35. The highest BCUT2D eigenvalue weighted by molar-refractivity contribution is 7.92. The van der Waals surface area contributed by atoms with Crippen molar-refractivity contribution < 1.29 is 27.5 Å². The topological polar surface area (TPSA) is 105 Å². The number of ether oxygens (including phenoxy) is 2. The number of methoxy groups -OCH3 is 2. The molecule has 0 bridgehead atoms. The minimum atomic E-state index is -4.28. The highest BCUT2D eigenvalue weighted by atomic mass is 32.2. The van der Waals surface area contributed by atoms with Gasteiger partial charge in [0.1, 0.15) is 24.1 Å². The van der Waals surface area contributed by atoms with Crippen LogP contribution in [0.3, 0.4) is 0 Å². The maximum Gasteiger partial charge on any atom is 0.264 e. The van der Waals surface area contributed by atoms with Crippen LogP contribution in [-0.2, 0) is 32.6 Å². The third-order valence-corrected chi connectivity index (χ3v) is 8.86. The SMILES string of the molecule is CCNC(=O)[C@@H](Cc1ccccc1)N(Cc1ccccc1)C(=O)CN(c1cc(OC)ccc1OC)S(=O)(=O)c1ccccc1. The van der Waals surface area contributed by atoms with Crippen LogP contribution >= 0.6 is 0 Å². The van der Waals surface area contributed by atoms with Crippen LogP contribution < -0.4 is 19.1 Å². The average molecular weight is 616 g/mol. The second kappa shape index (κ2) is 15.1. The van der Waals surface area contributed by atoms with Crippen LogP contribution in [0.4, 0.5) is 5.69 Å². The molecule has 0 aromatic heterocycles. The van der Waals surface area contributed by atoms with Crippen LogP contribution in [0.15, 0.2) is 114 Å². The van der Waals surface area contributed by atoms with Crippen molar-refractivity contribution in [2.75, 3.05) is 31.6 Å². The number of carbonyl (C=O) groups is 2. The summed E-state index contributed by atoms with van der Waals surface area (Å²) in [5, 5.41) is 2.86. The van der Waals surface area contributed by atoms with Gasteiger partial charge in [0.2, 0.25) is 11.8 Å². The predicted molar refractivity (Wildman–Crippen MR) is 170 cm³/mol. The first-order valence-corrected chi connectivity index (χ1v) is 15.7. The summed E-state index contributed by atoms with van der Waals surface area (Å²) in [6.07, 6.45) is 0.235. The molecule has 1 N–H and O–H groups in total. The molecule has 0 spiro atoms. The minimum absolute atomic E-state index is 0.00292. The smallest absolute Gasteiger partial charge is 0.264 e.